The van der Waals surface area contributed by atoms with Crippen LogP contribution in [-0.4, -0.2) is 71.1 Å². The first-order valence-corrected chi connectivity index (χ1v) is 8.98. The molecular weight excluding hydrogens is 318 g/mol. The van der Waals surface area contributed by atoms with E-state index in [0.717, 1.165) is 21.9 Å². The number of ether oxygens (including phenoxy) is 1. The summed E-state index contributed by atoms with van der Waals surface area (Å²) in [6.07, 6.45) is 1.07. The average molecular weight is 343 g/mol. The minimum atomic E-state index is -3.37. The molecule has 0 aliphatic carbocycles. The van der Waals surface area contributed by atoms with E-state index in [2.05, 4.69) is 5.32 Å². The van der Waals surface area contributed by atoms with Crippen LogP contribution in [-0.2, 0) is 14.8 Å². The Morgan fingerprint density at radius 2 is 1.96 bits per heavy atom. The summed E-state index contributed by atoms with van der Waals surface area (Å²) in [5.41, 5.74) is 1.01. The minimum absolute atomic E-state index is 0.0439. The van der Waals surface area contributed by atoms with Gasteiger partial charge in [0.25, 0.3) is 0 Å². The van der Waals surface area contributed by atoms with Crippen LogP contribution < -0.4 is 10.1 Å². The smallest absolute Gasteiger partial charge is 0.235 e. The summed E-state index contributed by atoms with van der Waals surface area (Å²) >= 11 is 0. The van der Waals surface area contributed by atoms with E-state index in [9.17, 15) is 13.2 Å². The summed E-state index contributed by atoms with van der Waals surface area (Å²) < 4.78 is 28.9. The van der Waals surface area contributed by atoms with Gasteiger partial charge < -0.3 is 15.0 Å². The van der Waals surface area contributed by atoms with Gasteiger partial charge in [0.15, 0.2) is 0 Å². The van der Waals surface area contributed by atoms with Crippen molar-refractivity contribution in [3.05, 3.63) is 29.8 Å². The Morgan fingerprint density at radius 1 is 1.30 bits per heavy atom. The third-order valence-electron chi connectivity index (χ3n) is 3.53. The van der Waals surface area contributed by atoms with Crippen LogP contribution in [0.2, 0.25) is 0 Å². The highest BCUT2D eigenvalue weighted by Crippen LogP contribution is 2.22. The van der Waals surface area contributed by atoms with Crippen molar-refractivity contribution in [3.63, 3.8) is 0 Å². The highest BCUT2D eigenvalue weighted by molar-refractivity contribution is 7.88. The van der Waals surface area contributed by atoms with Gasteiger partial charge in [0.1, 0.15) is 5.75 Å². The fourth-order valence-electron chi connectivity index (χ4n) is 2.03. The maximum absolute atomic E-state index is 11.9. The predicted molar refractivity (Wildman–Crippen MR) is 89.9 cm³/mol. The maximum Gasteiger partial charge on any atom is 0.235 e. The first kappa shape index (κ1) is 19.4. The van der Waals surface area contributed by atoms with Crippen LogP contribution in [0, 0.1) is 0 Å². The van der Waals surface area contributed by atoms with E-state index in [0.29, 0.717) is 6.54 Å². The molecule has 0 saturated heterocycles. The van der Waals surface area contributed by atoms with E-state index >= 15 is 0 Å². The Hall–Kier alpha value is -1.64. The second-order valence-corrected chi connectivity index (χ2v) is 7.67. The molecule has 0 aliphatic heterocycles. The van der Waals surface area contributed by atoms with Crippen molar-refractivity contribution in [3.8, 4) is 5.75 Å². The molecule has 1 amide bonds. The Bertz CT molecular complexity index is 631. The van der Waals surface area contributed by atoms with Gasteiger partial charge in [-0.15, -0.1) is 0 Å². The van der Waals surface area contributed by atoms with E-state index < -0.39 is 10.0 Å². The molecule has 8 heteroatoms. The number of benzene rings is 1. The van der Waals surface area contributed by atoms with Crippen molar-refractivity contribution in [2.24, 2.45) is 0 Å². The van der Waals surface area contributed by atoms with Crippen molar-refractivity contribution >= 4 is 15.9 Å². The molecule has 0 aliphatic rings. The number of rotatable bonds is 8. The van der Waals surface area contributed by atoms with Crippen molar-refractivity contribution in [1.29, 1.82) is 0 Å². The minimum Gasteiger partial charge on any atom is -0.497 e. The maximum atomic E-state index is 11.9. The molecule has 1 aromatic rings. The standard InChI is InChI=1S/C15H25N3O4S/c1-17(2)14(12-7-6-8-13(9-12)22-4)10-16-15(19)11-18(3)23(5,20)21/h6-9,14H,10-11H2,1-5H3,(H,16,19)/t14-/m1/s1. The second-order valence-electron chi connectivity index (χ2n) is 5.58. The van der Waals surface area contributed by atoms with Gasteiger partial charge in [0.2, 0.25) is 15.9 Å². The lowest BCUT2D eigenvalue weighted by atomic mass is 10.1. The Labute approximate surface area is 138 Å². The summed E-state index contributed by atoms with van der Waals surface area (Å²) in [6.45, 7) is 0.174. The molecule has 0 spiro atoms. The highest BCUT2D eigenvalue weighted by atomic mass is 32.2. The number of hydrogen-bond acceptors (Lipinski definition) is 5. The zero-order valence-electron chi connectivity index (χ0n) is 14.2. The fraction of sp³-hybridized carbons (Fsp3) is 0.533. The van der Waals surface area contributed by atoms with Gasteiger partial charge in [-0.3, -0.25) is 4.79 Å². The summed E-state index contributed by atoms with van der Waals surface area (Å²) in [5.74, 6) is 0.408. The molecule has 0 saturated carbocycles. The van der Waals surface area contributed by atoms with Crippen LogP contribution in [0.3, 0.4) is 0 Å². The molecule has 0 unspecified atom stereocenters. The Balaban J connectivity index is 2.72. The van der Waals surface area contributed by atoms with Crippen molar-refractivity contribution in [1.82, 2.24) is 14.5 Å². The molecule has 7 nitrogen and oxygen atoms in total. The molecule has 0 radical (unpaired) electrons. The van der Waals surface area contributed by atoms with Crippen LogP contribution in [0.4, 0.5) is 0 Å². The molecule has 1 rings (SSSR count). The lowest BCUT2D eigenvalue weighted by molar-refractivity contribution is -0.121. The van der Waals surface area contributed by atoms with Crippen molar-refractivity contribution in [2.45, 2.75) is 6.04 Å². The van der Waals surface area contributed by atoms with Gasteiger partial charge in [0.05, 0.1) is 26.0 Å². The van der Waals surface area contributed by atoms with Gasteiger partial charge in [-0.05, 0) is 31.8 Å². The number of methoxy groups -OCH3 is 1. The third-order valence-corrected chi connectivity index (χ3v) is 4.79. The quantitative estimate of drug-likeness (QED) is 0.735. The van der Waals surface area contributed by atoms with Gasteiger partial charge in [-0.1, -0.05) is 12.1 Å². The lowest BCUT2D eigenvalue weighted by Crippen LogP contribution is -2.41. The first-order chi connectivity index (χ1) is 10.6. The van der Waals surface area contributed by atoms with Crippen molar-refractivity contribution < 1.29 is 17.9 Å². The monoisotopic (exact) mass is 343 g/mol. The first-order valence-electron chi connectivity index (χ1n) is 7.13. The fourth-order valence-corrected chi connectivity index (χ4v) is 2.39. The van der Waals surface area contributed by atoms with Gasteiger partial charge in [-0.2, -0.15) is 4.31 Å². The summed E-state index contributed by atoms with van der Waals surface area (Å²) in [5, 5.41) is 2.78. The van der Waals surface area contributed by atoms with E-state index in [1.54, 1.807) is 7.11 Å². The number of nitrogens with one attached hydrogen (secondary N) is 1. The molecule has 1 N–H and O–H groups in total. The SMILES string of the molecule is COc1cccc([C@@H](CNC(=O)CN(C)S(C)(=O)=O)N(C)C)c1. The topological polar surface area (TPSA) is 79.0 Å². The van der Waals surface area contributed by atoms with Gasteiger partial charge >= 0.3 is 0 Å². The Kier molecular flexibility index (Phi) is 6.99. The molecule has 23 heavy (non-hydrogen) atoms. The number of nitrogens with zero attached hydrogens (tertiary/aromatic N) is 2. The van der Waals surface area contributed by atoms with Gasteiger partial charge in [-0.25, -0.2) is 8.42 Å². The zero-order valence-corrected chi connectivity index (χ0v) is 15.1. The van der Waals surface area contributed by atoms with Crippen molar-refractivity contribution in [2.75, 3.05) is 47.6 Å². The lowest BCUT2D eigenvalue weighted by Gasteiger charge is -2.26. The number of sulfonamides is 1. The molecule has 1 aromatic carbocycles. The number of likely N-dealkylation sites (N-methyl/N-ethyl adjacent to an activating group) is 2. The normalized spacial score (nSPS) is 13.2. The van der Waals surface area contributed by atoms with Crippen LogP contribution in [0.15, 0.2) is 24.3 Å². The van der Waals surface area contributed by atoms with Gasteiger partial charge in [0, 0.05) is 13.6 Å². The zero-order chi connectivity index (χ0) is 17.6. The second kappa shape index (κ2) is 8.28. The highest BCUT2D eigenvalue weighted by Gasteiger charge is 2.18. The summed E-state index contributed by atoms with van der Waals surface area (Å²) in [7, 11) is 3.44. The van der Waals surface area contributed by atoms with E-state index in [-0.39, 0.29) is 18.5 Å². The summed E-state index contributed by atoms with van der Waals surface area (Å²) in [4.78, 5) is 13.9. The van der Waals surface area contributed by atoms with E-state index in [4.69, 9.17) is 4.74 Å². The van der Waals surface area contributed by atoms with Crippen LogP contribution in [0.5, 0.6) is 5.75 Å². The molecule has 0 heterocycles. The molecular formula is C15H25N3O4S. The molecule has 130 valence electrons. The van der Waals surface area contributed by atoms with E-state index in [1.807, 2.05) is 43.3 Å². The van der Waals surface area contributed by atoms with Crippen LogP contribution in [0.1, 0.15) is 11.6 Å². The van der Waals surface area contributed by atoms with Crippen LogP contribution >= 0.6 is 0 Å². The molecule has 0 bridgehead atoms. The molecule has 0 aromatic heterocycles. The largest absolute Gasteiger partial charge is 0.497 e. The average Bonchev–Trinajstić information content (AvgIpc) is 2.46. The van der Waals surface area contributed by atoms with Crippen LogP contribution in [0.25, 0.3) is 0 Å². The van der Waals surface area contributed by atoms with E-state index in [1.165, 1.54) is 7.05 Å². The number of hydrogen-bond donors (Lipinski definition) is 1. The number of carbonyl (C=O) groups is 1. The third kappa shape index (κ3) is 6.17. The Morgan fingerprint density at radius 3 is 2.48 bits per heavy atom. The number of amides is 1. The molecule has 1 atom stereocenters. The summed E-state index contributed by atoms with van der Waals surface area (Å²) in [6, 6.07) is 7.58. The predicted octanol–water partition coefficient (Wildman–Crippen LogP) is 0.306. The molecule has 0 fully saturated rings. The number of carbonyl (C=O) groups excluding carboxylic acids is 1.